The van der Waals surface area contributed by atoms with Crippen molar-refractivity contribution in [2.45, 2.75) is 50.0 Å². The van der Waals surface area contributed by atoms with Crippen molar-refractivity contribution in [3.05, 3.63) is 29.8 Å². The highest BCUT2D eigenvalue weighted by molar-refractivity contribution is 7.89. The molecule has 1 aromatic rings. The van der Waals surface area contributed by atoms with Crippen LogP contribution in [0.4, 0.5) is 0 Å². The summed E-state index contributed by atoms with van der Waals surface area (Å²) in [6.45, 7) is 6.67. The van der Waals surface area contributed by atoms with Gasteiger partial charge >= 0.3 is 0 Å². The molecule has 0 unspecified atom stereocenters. The molecule has 0 aliphatic carbocycles. The van der Waals surface area contributed by atoms with Gasteiger partial charge in [0.05, 0.1) is 10.5 Å². The molecular formula is C15H23NO3S. The third-order valence-electron chi connectivity index (χ3n) is 3.98. The van der Waals surface area contributed by atoms with Gasteiger partial charge < -0.3 is 5.11 Å². The molecule has 0 aromatic heterocycles. The molecule has 5 heteroatoms. The minimum Gasteiger partial charge on any atom is -0.390 e. The molecule has 0 spiro atoms. The molecule has 0 bridgehead atoms. The number of rotatable bonds is 3. The summed E-state index contributed by atoms with van der Waals surface area (Å²) in [4.78, 5) is 0.337. The maximum absolute atomic E-state index is 12.5. The van der Waals surface area contributed by atoms with Crippen LogP contribution >= 0.6 is 0 Å². The molecule has 0 radical (unpaired) electrons. The van der Waals surface area contributed by atoms with E-state index in [1.54, 1.807) is 19.1 Å². The molecule has 1 aliphatic heterocycles. The lowest BCUT2D eigenvalue weighted by Crippen LogP contribution is -2.45. The van der Waals surface area contributed by atoms with Gasteiger partial charge in [0.25, 0.3) is 0 Å². The zero-order chi connectivity index (χ0) is 15.0. The first kappa shape index (κ1) is 15.5. The van der Waals surface area contributed by atoms with Crippen molar-refractivity contribution in [3.8, 4) is 0 Å². The molecule has 1 aliphatic rings. The van der Waals surface area contributed by atoms with Crippen LogP contribution < -0.4 is 0 Å². The van der Waals surface area contributed by atoms with Crippen molar-refractivity contribution in [1.82, 2.24) is 4.31 Å². The molecule has 1 fully saturated rings. The average Bonchev–Trinajstić information content (AvgIpc) is 2.38. The molecule has 1 N–H and O–H groups in total. The lowest BCUT2D eigenvalue weighted by Gasteiger charge is -2.35. The Balaban J connectivity index is 2.18. The van der Waals surface area contributed by atoms with E-state index < -0.39 is 15.6 Å². The van der Waals surface area contributed by atoms with Crippen LogP contribution in [0.3, 0.4) is 0 Å². The highest BCUT2D eigenvalue weighted by Crippen LogP contribution is 2.26. The summed E-state index contributed by atoms with van der Waals surface area (Å²) in [7, 11) is -3.43. The standard InChI is InChI=1S/C15H23NO3S/c1-12(2)13-4-6-14(7-5-13)20(18,19)16-10-8-15(3,17)9-11-16/h4-7,12,17H,8-11H2,1-3H3. The minimum absolute atomic E-state index is 0.337. The van der Waals surface area contributed by atoms with Gasteiger partial charge in [0.1, 0.15) is 0 Å². The maximum Gasteiger partial charge on any atom is 0.243 e. The van der Waals surface area contributed by atoms with Crippen molar-refractivity contribution in [1.29, 1.82) is 0 Å². The average molecular weight is 297 g/mol. The Labute approximate surface area is 121 Å². The van der Waals surface area contributed by atoms with E-state index in [4.69, 9.17) is 0 Å². The van der Waals surface area contributed by atoms with Crippen molar-refractivity contribution < 1.29 is 13.5 Å². The van der Waals surface area contributed by atoms with Crippen LogP contribution in [0.5, 0.6) is 0 Å². The Hall–Kier alpha value is -0.910. The third-order valence-corrected chi connectivity index (χ3v) is 5.90. The highest BCUT2D eigenvalue weighted by atomic mass is 32.2. The Kier molecular flexibility index (Phi) is 4.23. The summed E-state index contributed by atoms with van der Waals surface area (Å²) >= 11 is 0. The first-order chi connectivity index (χ1) is 9.22. The molecule has 1 aromatic carbocycles. The second-order valence-electron chi connectivity index (χ2n) is 6.12. The number of nitrogens with zero attached hydrogens (tertiary/aromatic N) is 1. The van der Waals surface area contributed by atoms with E-state index in [0.717, 1.165) is 5.56 Å². The first-order valence-corrected chi connectivity index (χ1v) is 8.49. The van der Waals surface area contributed by atoms with Gasteiger partial charge in [0.15, 0.2) is 0 Å². The molecule has 4 nitrogen and oxygen atoms in total. The van der Waals surface area contributed by atoms with E-state index in [0.29, 0.717) is 36.7 Å². The van der Waals surface area contributed by atoms with Gasteiger partial charge in [0.2, 0.25) is 10.0 Å². The fourth-order valence-electron chi connectivity index (χ4n) is 2.38. The van der Waals surface area contributed by atoms with Crippen LogP contribution in [0.2, 0.25) is 0 Å². The zero-order valence-electron chi connectivity index (χ0n) is 12.3. The number of aliphatic hydroxyl groups is 1. The van der Waals surface area contributed by atoms with Crippen LogP contribution in [0.1, 0.15) is 45.1 Å². The second kappa shape index (κ2) is 5.47. The topological polar surface area (TPSA) is 57.6 Å². The number of hydrogen-bond acceptors (Lipinski definition) is 3. The summed E-state index contributed by atoms with van der Waals surface area (Å²) in [5, 5.41) is 9.90. The largest absolute Gasteiger partial charge is 0.390 e. The number of hydrogen-bond donors (Lipinski definition) is 1. The monoisotopic (exact) mass is 297 g/mol. The van der Waals surface area contributed by atoms with Crippen molar-refractivity contribution in [3.63, 3.8) is 0 Å². The summed E-state index contributed by atoms with van der Waals surface area (Å²) in [6.07, 6.45) is 0.965. The second-order valence-corrected chi connectivity index (χ2v) is 8.06. The SMILES string of the molecule is CC(C)c1ccc(S(=O)(=O)N2CCC(C)(O)CC2)cc1. The quantitative estimate of drug-likeness (QED) is 0.931. The summed E-state index contributed by atoms with van der Waals surface area (Å²) in [5.41, 5.74) is 0.388. The summed E-state index contributed by atoms with van der Waals surface area (Å²) < 4.78 is 26.5. The van der Waals surface area contributed by atoms with Gasteiger partial charge in [-0.15, -0.1) is 0 Å². The van der Waals surface area contributed by atoms with Gasteiger partial charge in [-0.05, 0) is 43.4 Å². The smallest absolute Gasteiger partial charge is 0.243 e. The van der Waals surface area contributed by atoms with Gasteiger partial charge in [-0.1, -0.05) is 26.0 Å². The zero-order valence-corrected chi connectivity index (χ0v) is 13.2. The minimum atomic E-state index is -3.43. The van der Waals surface area contributed by atoms with E-state index in [9.17, 15) is 13.5 Å². The molecule has 2 rings (SSSR count). The molecule has 1 saturated heterocycles. The van der Waals surface area contributed by atoms with E-state index in [-0.39, 0.29) is 0 Å². The van der Waals surface area contributed by atoms with Crippen LogP contribution in [0.15, 0.2) is 29.2 Å². The van der Waals surface area contributed by atoms with Crippen LogP contribution in [0, 0.1) is 0 Å². The van der Waals surface area contributed by atoms with Gasteiger partial charge in [-0.3, -0.25) is 0 Å². The lowest BCUT2D eigenvalue weighted by molar-refractivity contribution is 0.0126. The number of piperidine rings is 1. The Morgan fingerprint density at radius 3 is 2.10 bits per heavy atom. The van der Waals surface area contributed by atoms with E-state index in [1.165, 1.54) is 4.31 Å². The van der Waals surface area contributed by atoms with Crippen molar-refractivity contribution >= 4 is 10.0 Å². The molecule has 1 heterocycles. The van der Waals surface area contributed by atoms with E-state index >= 15 is 0 Å². The Morgan fingerprint density at radius 2 is 1.65 bits per heavy atom. The van der Waals surface area contributed by atoms with Crippen molar-refractivity contribution in [2.24, 2.45) is 0 Å². The predicted molar refractivity (Wildman–Crippen MR) is 79.1 cm³/mol. The van der Waals surface area contributed by atoms with Gasteiger partial charge in [-0.25, -0.2) is 8.42 Å². The molecular weight excluding hydrogens is 274 g/mol. The fourth-order valence-corrected chi connectivity index (χ4v) is 3.82. The maximum atomic E-state index is 12.5. The normalized spacial score (nSPS) is 20.2. The van der Waals surface area contributed by atoms with Gasteiger partial charge in [0, 0.05) is 13.1 Å². The van der Waals surface area contributed by atoms with E-state index in [1.807, 2.05) is 12.1 Å². The fraction of sp³-hybridized carbons (Fsp3) is 0.600. The van der Waals surface area contributed by atoms with Gasteiger partial charge in [-0.2, -0.15) is 4.31 Å². The Bertz CT molecular complexity index is 551. The molecule has 112 valence electrons. The Morgan fingerprint density at radius 1 is 1.15 bits per heavy atom. The lowest BCUT2D eigenvalue weighted by atomic mass is 9.95. The highest BCUT2D eigenvalue weighted by Gasteiger charge is 2.33. The number of sulfonamides is 1. The van der Waals surface area contributed by atoms with Crippen LogP contribution in [-0.4, -0.2) is 36.5 Å². The number of benzene rings is 1. The molecule has 0 amide bonds. The summed E-state index contributed by atoms with van der Waals surface area (Å²) in [5.74, 6) is 0.386. The summed E-state index contributed by atoms with van der Waals surface area (Å²) in [6, 6.07) is 7.10. The van der Waals surface area contributed by atoms with Crippen LogP contribution in [0.25, 0.3) is 0 Å². The van der Waals surface area contributed by atoms with Crippen LogP contribution in [-0.2, 0) is 10.0 Å². The predicted octanol–water partition coefficient (Wildman–Crippen LogP) is 2.35. The van der Waals surface area contributed by atoms with Crippen molar-refractivity contribution in [2.75, 3.05) is 13.1 Å². The molecule has 0 atom stereocenters. The molecule has 0 saturated carbocycles. The third kappa shape index (κ3) is 3.22. The first-order valence-electron chi connectivity index (χ1n) is 7.05. The van der Waals surface area contributed by atoms with E-state index in [2.05, 4.69) is 13.8 Å². The molecule has 20 heavy (non-hydrogen) atoms.